The van der Waals surface area contributed by atoms with Crippen LogP contribution in [0.5, 0.6) is 5.75 Å². The highest BCUT2D eigenvalue weighted by atomic mass is 16.5. The first kappa shape index (κ1) is 20.4. The maximum absolute atomic E-state index is 12.7. The molecule has 0 aliphatic carbocycles. The molecule has 0 spiro atoms. The van der Waals surface area contributed by atoms with Crippen LogP contribution in [0.2, 0.25) is 0 Å². The van der Waals surface area contributed by atoms with Gasteiger partial charge in [-0.25, -0.2) is 0 Å². The van der Waals surface area contributed by atoms with Crippen LogP contribution in [0.15, 0.2) is 36.5 Å². The number of aromatic nitrogens is 2. The Morgan fingerprint density at radius 2 is 2.03 bits per heavy atom. The number of rotatable bonds is 7. The predicted octanol–water partition coefficient (Wildman–Crippen LogP) is 3.28. The van der Waals surface area contributed by atoms with Crippen molar-refractivity contribution in [3.05, 3.63) is 47.7 Å². The van der Waals surface area contributed by atoms with E-state index in [1.54, 1.807) is 19.1 Å². The number of ether oxygens (including phenoxy) is 1. The number of amides is 1. The van der Waals surface area contributed by atoms with Gasteiger partial charge in [0.15, 0.2) is 11.6 Å². The number of allylic oxidation sites excluding steroid dienone is 1. The highest BCUT2D eigenvalue weighted by molar-refractivity contribution is 5.95. The molecule has 0 radical (unpaired) electrons. The molecule has 0 aromatic carbocycles. The van der Waals surface area contributed by atoms with E-state index in [1.807, 2.05) is 11.8 Å². The number of hydrogen-bond acceptors (Lipinski definition) is 5. The maximum atomic E-state index is 12.7. The van der Waals surface area contributed by atoms with Gasteiger partial charge in [-0.2, -0.15) is 0 Å². The summed E-state index contributed by atoms with van der Waals surface area (Å²) in [5.74, 6) is 0.725. The minimum atomic E-state index is -0.327. The Hall–Kier alpha value is -3.29. The number of nitrogens with one attached hydrogen (secondary N) is 3. The van der Waals surface area contributed by atoms with Crippen LogP contribution < -0.4 is 15.5 Å². The third kappa shape index (κ3) is 4.59. The maximum Gasteiger partial charge on any atom is 0.270 e. The third-order valence-electron chi connectivity index (χ3n) is 4.68. The average Bonchev–Trinajstić information content (AvgIpc) is 3.36. The molecule has 1 amide bonds. The predicted molar refractivity (Wildman–Crippen MR) is 111 cm³/mol. The molecule has 8 heteroatoms. The number of hydrogen-bond donors (Lipinski definition) is 3. The van der Waals surface area contributed by atoms with Crippen LogP contribution in [-0.4, -0.2) is 46.0 Å². The highest BCUT2D eigenvalue weighted by Gasteiger charge is 2.23. The van der Waals surface area contributed by atoms with Crippen LogP contribution in [0.4, 0.5) is 11.5 Å². The van der Waals surface area contributed by atoms with Gasteiger partial charge in [0, 0.05) is 42.7 Å². The van der Waals surface area contributed by atoms with Gasteiger partial charge in [-0.05, 0) is 32.3 Å². The monoisotopic (exact) mass is 397 g/mol. The van der Waals surface area contributed by atoms with E-state index < -0.39 is 0 Å². The number of carbonyl (C=O) groups is 2. The Morgan fingerprint density at radius 1 is 1.31 bits per heavy atom. The molecule has 2 aromatic rings. The molecular weight excluding hydrogens is 370 g/mol. The molecule has 0 saturated carbocycles. The minimum Gasteiger partial charge on any atom is -0.490 e. The van der Waals surface area contributed by atoms with Crippen LogP contribution in [0.3, 0.4) is 0 Å². The van der Waals surface area contributed by atoms with E-state index in [0.29, 0.717) is 35.1 Å². The van der Waals surface area contributed by atoms with Crippen molar-refractivity contribution in [2.24, 2.45) is 0 Å². The Bertz CT molecular complexity index is 982. The molecule has 0 atom stereocenters. The first-order chi connectivity index (χ1) is 13.9. The smallest absolute Gasteiger partial charge is 0.270 e. The van der Waals surface area contributed by atoms with Gasteiger partial charge < -0.3 is 19.9 Å². The number of H-pyrrole nitrogens is 1. The van der Waals surface area contributed by atoms with Gasteiger partial charge in [0.25, 0.3) is 11.8 Å². The van der Waals surface area contributed by atoms with Gasteiger partial charge >= 0.3 is 0 Å². The van der Waals surface area contributed by atoms with Gasteiger partial charge in [0.2, 0.25) is 0 Å². The number of aromatic amines is 1. The third-order valence-corrected chi connectivity index (χ3v) is 4.68. The summed E-state index contributed by atoms with van der Waals surface area (Å²) in [4.78, 5) is 29.7. The molecule has 3 N–H and O–H groups in total. The topological polar surface area (TPSA) is 103 Å². The van der Waals surface area contributed by atoms with Crippen molar-refractivity contribution in [3.63, 3.8) is 0 Å². The van der Waals surface area contributed by atoms with Gasteiger partial charge in [0.05, 0.1) is 6.61 Å². The van der Waals surface area contributed by atoms with Crippen molar-refractivity contribution < 1.29 is 14.3 Å². The lowest BCUT2D eigenvalue weighted by atomic mass is 10.3. The molecule has 1 aliphatic heterocycles. The van der Waals surface area contributed by atoms with E-state index in [2.05, 4.69) is 16.9 Å². The summed E-state index contributed by atoms with van der Waals surface area (Å²) >= 11 is 0. The average molecular weight is 397 g/mol. The van der Waals surface area contributed by atoms with E-state index in [0.717, 1.165) is 32.4 Å². The molecule has 1 aliphatic rings. The summed E-state index contributed by atoms with van der Waals surface area (Å²) in [7, 11) is 0. The quantitative estimate of drug-likeness (QED) is 0.624. The number of pyridine rings is 1. The van der Waals surface area contributed by atoms with Crippen LogP contribution in [0.25, 0.3) is 0 Å². The zero-order valence-electron chi connectivity index (χ0n) is 16.9. The summed E-state index contributed by atoms with van der Waals surface area (Å²) in [6.45, 7) is 9.30. The van der Waals surface area contributed by atoms with Crippen molar-refractivity contribution in [2.45, 2.75) is 33.1 Å². The normalized spacial score (nSPS) is 13.4. The van der Waals surface area contributed by atoms with Crippen LogP contribution >= 0.6 is 0 Å². The lowest BCUT2D eigenvalue weighted by molar-refractivity contribution is 0.0787. The van der Waals surface area contributed by atoms with Crippen molar-refractivity contribution in [1.82, 2.24) is 14.5 Å². The molecule has 2 aromatic heterocycles. The molecule has 1 saturated heterocycles. The van der Waals surface area contributed by atoms with Gasteiger partial charge in [-0.1, -0.05) is 13.5 Å². The molecular formula is C21H27N5O3. The fourth-order valence-electron chi connectivity index (χ4n) is 3.16. The van der Waals surface area contributed by atoms with Crippen molar-refractivity contribution in [3.8, 4) is 5.75 Å². The van der Waals surface area contributed by atoms with E-state index in [4.69, 9.17) is 10.1 Å². The van der Waals surface area contributed by atoms with Crippen LogP contribution in [0.1, 0.15) is 48.4 Å². The molecule has 29 heavy (non-hydrogen) atoms. The number of nitrogens with zero attached hydrogens (tertiary/aromatic N) is 2. The number of likely N-dealkylation sites (tertiary alicyclic amines) is 1. The van der Waals surface area contributed by atoms with Gasteiger partial charge in [0.1, 0.15) is 11.2 Å². The number of anilines is 2. The summed E-state index contributed by atoms with van der Waals surface area (Å²) in [6.07, 6.45) is 4.41. The molecule has 0 unspecified atom stereocenters. The molecule has 8 nitrogen and oxygen atoms in total. The summed E-state index contributed by atoms with van der Waals surface area (Å²) in [5, 5.41) is 11.3. The van der Waals surface area contributed by atoms with E-state index >= 15 is 0 Å². The first-order valence-corrected chi connectivity index (χ1v) is 9.80. The van der Waals surface area contributed by atoms with Crippen molar-refractivity contribution in [2.75, 3.05) is 25.0 Å². The second-order valence-electron chi connectivity index (χ2n) is 7.15. The van der Waals surface area contributed by atoms with E-state index in [9.17, 15) is 9.59 Å². The second-order valence-corrected chi connectivity index (χ2v) is 7.15. The minimum absolute atomic E-state index is 0.0268. The SMILES string of the molecule is C=C(C)C(=O)n1ccc(Nc2[nH]c(C(=O)N3CCCC3)cc2OCCC)cc1=N. The second kappa shape index (κ2) is 8.81. The van der Waals surface area contributed by atoms with Gasteiger partial charge in [-0.3, -0.25) is 19.6 Å². The van der Waals surface area contributed by atoms with Crippen molar-refractivity contribution in [1.29, 1.82) is 5.41 Å². The first-order valence-electron chi connectivity index (χ1n) is 9.80. The Balaban J connectivity index is 1.86. The zero-order valence-corrected chi connectivity index (χ0v) is 16.9. The highest BCUT2D eigenvalue weighted by Crippen LogP contribution is 2.29. The fraction of sp³-hybridized carbons (Fsp3) is 0.381. The standard InChI is InChI=1S/C21H27N5O3/c1-4-11-29-17-13-16(21(28)25-8-5-6-9-25)24-19(17)23-15-7-10-26(18(22)12-15)20(27)14(2)3/h7,10,12-13,22-24H,2,4-6,8-9,11H2,1,3H3. The number of carbonyl (C=O) groups excluding carboxylic acids is 2. The molecule has 1 fully saturated rings. The fourth-order valence-corrected chi connectivity index (χ4v) is 3.16. The lowest BCUT2D eigenvalue weighted by Gasteiger charge is -2.13. The van der Waals surface area contributed by atoms with Crippen molar-refractivity contribution >= 4 is 23.3 Å². The van der Waals surface area contributed by atoms with Crippen LogP contribution in [0, 0.1) is 5.41 Å². The molecule has 154 valence electrons. The van der Waals surface area contributed by atoms with E-state index in [-0.39, 0.29) is 17.3 Å². The Labute approximate surface area is 169 Å². The van der Waals surface area contributed by atoms with Crippen LogP contribution in [-0.2, 0) is 0 Å². The summed E-state index contributed by atoms with van der Waals surface area (Å²) in [5.41, 5.74) is 1.45. The molecule has 3 heterocycles. The van der Waals surface area contributed by atoms with Gasteiger partial charge in [-0.15, -0.1) is 0 Å². The Morgan fingerprint density at radius 3 is 2.66 bits per heavy atom. The Kier molecular flexibility index (Phi) is 6.21. The zero-order chi connectivity index (χ0) is 21.0. The molecule has 3 rings (SSSR count). The largest absolute Gasteiger partial charge is 0.490 e. The molecule has 0 bridgehead atoms. The lowest BCUT2D eigenvalue weighted by Crippen LogP contribution is -2.27. The summed E-state index contributed by atoms with van der Waals surface area (Å²) in [6, 6.07) is 4.94. The summed E-state index contributed by atoms with van der Waals surface area (Å²) < 4.78 is 7.01. The van der Waals surface area contributed by atoms with E-state index in [1.165, 1.54) is 16.8 Å².